The Bertz CT molecular complexity index is 655. The second-order valence-electron chi connectivity index (χ2n) is 5.36. The first kappa shape index (κ1) is 14.2. The molecule has 2 aromatic heterocycles. The first-order valence-corrected chi connectivity index (χ1v) is 7.91. The van der Waals surface area contributed by atoms with E-state index in [4.69, 9.17) is 0 Å². The number of carbonyl (C=O) groups excluding carboxylic acids is 1. The van der Waals surface area contributed by atoms with Crippen LogP contribution in [0.25, 0.3) is 0 Å². The van der Waals surface area contributed by atoms with Gasteiger partial charge < -0.3 is 0 Å². The zero-order valence-corrected chi connectivity index (χ0v) is 13.0. The van der Waals surface area contributed by atoms with Crippen molar-refractivity contribution in [2.24, 2.45) is 0 Å². The first-order valence-electron chi connectivity index (χ1n) is 7.03. The maximum absolute atomic E-state index is 12.3. The van der Waals surface area contributed by atoms with Gasteiger partial charge in [-0.25, -0.2) is 4.98 Å². The Morgan fingerprint density at radius 1 is 1.52 bits per heavy atom. The Labute approximate surface area is 128 Å². The summed E-state index contributed by atoms with van der Waals surface area (Å²) in [5.41, 5.74) is 2.51. The lowest BCUT2D eigenvalue weighted by molar-refractivity contribution is 0.102. The third-order valence-electron chi connectivity index (χ3n) is 3.76. The van der Waals surface area contributed by atoms with Crippen molar-refractivity contribution in [2.45, 2.75) is 25.8 Å². The average molecular weight is 302 g/mol. The number of thiazole rings is 1. The van der Waals surface area contributed by atoms with Crippen LogP contribution in [0.5, 0.6) is 0 Å². The van der Waals surface area contributed by atoms with Crippen molar-refractivity contribution < 1.29 is 4.79 Å². The van der Waals surface area contributed by atoms with Crippen LogP contribution < -0.4 is 5.32 Å². The van der Waals surface area contributed by atoms with Crippen molar-refractivity contribution in [1.82, 2.24) is 14.9 Å². The van der Waals surface area contributed by atoms with Gasteiger partial charge in [0.2, 0.25) is 0 Å². The summed E-state index contributed by atoms with van der Waals surface area (Å²) < 4.78 is 0. The normalized spacial score (nSPS) is 18.9. The molecule has 1 N–H and O–H groups in total. The number of aromatic nitrogens is 2. The molecule has 1 amide bonds. The molecular weight excluding hydrogens is 284 g/mol. The van der Waals surface area contributed by atoms with Gasteiger partial charge in [0.25, 0.3) is 5.91 Å². The molecule has 0 bridgehead atoms. The summed E-state index contributed by atoms with van der Waals surface area (Å²) in [6, 6.07) is 4.28. The molecule has 0 radical (unpaired) electrons. The van der Waals surface area contributed by atoms with Crippen molar-refractivity contribution in [3.8, 4) is 0 Å². The van der Waals surface area contributed by atoms with Crippen molar-refractivity contribution in [3.63, 3.8) is 0 Å². The topological polar surface area (TPSA) is 58.1 Å². The van der Waals surface area contributed by atoms with Crippen LogP contribution in [0.3, 0.4) is 0 Å². The Balaban J connectivity index is 1.77. The van der Waals surface area contributed by atoms with Gasteiger partial charge in [-0.1, -0.05) is 0 Å². The smallest absolute Gasteiger partial charge is 0.276 e. The molecule has 0 spiro atoms. The van der Waals surface area contributed by atoms with Crippen LogP contribution >= 0.6 is 11.3 Å². The van der Waals surface area contributed by atoms with Crippen molar-refractivity contribution >= 4 is 22.4 Å². The predicted molar refractivity (Wildman–Crippen MR) is 83.6 cm³/mol. The van der Waals surface area contributed by atoms with Crippen LogP contribution in [0.15, 0.2) is 23.7 Å². The first-order chi connectivity index (χ1) is 10.1. The van der Waals surface area contributed by atoms with E-state index in [-0.39, 0.29) is 5.91 Å². The van der Waals surface area contributed by atoms with E-state index in [1.165, 1.54) is 17.8 Å². The van der Waals surface area contributed by atoms with Crippen LogP contribution in [-0.2, 0) is 0 Å². The number of anilines is 1. The molecule has 2 aromatic rings. The molecule has 1 saturated heterocycles. The quantitative estimate of drug-likeness (QED) is 0.947. The Hall–Kier alpha value is -1.79. The Morgan fingerprint density at radius 3 is 3.05 bits per heavy atom. The van der Waals surface area contributed by atoms with E-state index in [1.54, 1.807) is 6.20 Å². The molecule has 6 heteroatoms. The minimum absolute atomic E-state index is 0.202. The molecule has 0 aromatic carbocycles. The Morgan fingerprint density at radius 2 is 2.38 bits per heavy atom. The number of aryl methyl sites for hydroxylation is 1. The summed E-state index contributed by atoms with van der Waals surface area (Å²) in [6.07, 6.45) is 4.04. The molecule has 1 atom stereocenters. The summed E-state index contributed by atoms with van der Waals surface area (Å²) in [5, 5.41) is 5.32. The van der Waals surface area contributed by atoms with Crippen molar-refractivity contribution in [2.75, 3.05) is 18.9 Å². The van der Waals surface area contributed by atoms with E-state index in [0.717, 1.165) is 24.2 Å². The number of amides is 1. The highest BCUT2D eigenvalue weighted by Crippen LogP contribution is 2.30. The molecule has 1 unspecified atom stereocenters. The van der Waals surface area contributed by atoms with E-state index in [2.05, 4.69) is 27.2 Å². The van der Waals surface area contributed by atoms with E-state index >= 15 is 0 Å². The van der Waals surface area contributed by atoms with Crippen molar-refractivity contribution in [1.29, 1.82) is 0 Å². The standard InChI is InChI=1S/C15H18N4OS/c1-10-9-21-15(17-10)18-14(20)12-8-11(5-6-16-12)13-4-3-7-19(13)2/h5-6,8-9,13H,3-4,7H2,1-2H3,(H,17,18,20). The van der Waals surface area contributed by atoms with E-state index in [9.17, 15) is 4.79 Å². The number of likely N-dealkylation sites (tertiary alicyclic amines) is 1. The van der Waals surface area contributed by atoms with Gasteiger partial charge in [0, 0.05) is 17.6 Å². The SMILES string of the molecule is Cc1csc(NC(=O)c2cc(C3CCCN3C)ccn2)n1. The summed E-state index contributed by atoms with van der Waals surface area (Å²) in [6.45, 7) is 3.01. The minimum Gasteiger partial charge on any atom is -0.299 e. The number of hydrogen-bond acceptors (Lipinski definition) is 5. The van der Waals surface area contributed by atoms with Gasteiger partial charge in [0.05, 0.1) is 5.69 Å². The van der Waals surface area contributed by atoms with Gasteiger partial charge in [0.15, 0.2) is 5.13 Å². The number of carbonyl (C=O) groups is 1. The number of nitrogens with one attached hydrogen (secondary N) is 1. The highest BCUT2D eigenvalue weighted by molar-refractivity contribution is 7.13. The fourth-order valence-corrected chi connectivity index (χ4v) is 3.37. The predicted octanol–water partition coefficient (Wildman–Crippen LogP) is 2.87. The van der Waals surface area contributed by atoms with Gasteiger partial charge >= 0.3 is 0 Å². The van der Waals surface area contributed by atoms with Crippen molar-refractivity contribution in [3.05, 3.63) is 40.7 Å². The molecule has 1 aliphatic heterocycles. The van der Waals surface area contributed by atoms with Crippen LogP contribution in [0, 0.1) is 6.92 Å². The summed E-state index contributed by atoms with van der Waals surface area (Å²) >= 11 is 1.42. The van der Waals surface area contributed by atoms with E-state index in [1.807, 2.05) is 24.4 Å². The summed E-state index contributed by atoms with van der Waals surface area (Å²) in [7, 11) is 2.12. The number of nitrogens with zero attached hydrogens (tertiary/aromatic N) is 3. The van der Waals surface area contributed by atoms with Crippen LogP contribution in [0.4, 0.5) is 5.13 Å². The minimum atomic E-state index is -0.202. The van der Waals surface area contributed by atoms with Crippen LogP contribution in [0.1, 0.15) is 40.6 Å². The highest BCUT2D eigenvalue weighted by atomic mass is 32.1. The van der Waals surface area contributed by atoms with Gasteiger partial charge in [-0.05, 0) is 51.1 Å². The van der Waals surface area contributed by atoms with Gasteiger partial charge in [-0.3, -0.25) is 20.0 Å². The molecular formula is C15H18N4OS. The maximum atomic E-state index is 12.3. The second-order valence-corrected chi connectivity index (χ2v) is 6.22. The van der Waals surface area contributed by atoms with Gasteiger partial charge in [0.1, 0.15) is 5.69 Å². The van der Waals surface area contributed by atoms with E-state index < -0.39 is 0 Å². The highest BCUT2D eigenvalue weighted by Gasteiger charge is 2.23. The van der Waals surface area contributed by atoms with E-state index in [0.29, 0.717) is 16.9 Å². The summed E-state index contributed by atoms with van der Waals surface area (Å²) in [5.74, 6) is -0.202. The third-order valence-corrected chi connectivity index (χ3v) is 4.64. The molecule has 110 valence electrons. The van der Waals surface area contributed by atoms with Gasteiger partial charge in [-0.15, -0.1) is 11.3 Å². The molecule has 1 aliphatic rings. The number of pyridine rings is 1. The maximum Gasteiger partial charge on any atom is 0.276 e. The van der Waals surface area contributed by atoms with Crippen LogP contribution in [-0.4, -0.2) is 34.4 Å². The molecule has 0 saturated carbocycles. The lowest BCUT2D eigenvalue weighted by Crippen LogP contribution is -2.19. The Kier molecular flexibility index (Phi) is 3.98. The molecule has 3 heterocycles. The molecule has 3 rings (SSSR count). The zero-order valence-electron chi connectivity index (χ0n) is 12.2. The lowest BCUT2D eigenvalue weighted by Gasteiger charge is -2.19. The molecule has 1 fully saturated rings. The molecule has 5 nitrogen and oxygen atoms in total. The molecule has 21 heavy (non-hydrogen) atoms. The zero-order chi connectivity index (χ0) is 14.8. The largest absolute Gasteiger partial charge is 0.299 e. The van der Waals surface area contributed by atoms with Gasteiger partial charge in [-0.2, -0.15) is 0 Å². The fraction of sp³-hybridized carbons (Fsp3) is 0.400. The number of rotatable bonds is 3. The second kappa shape index (κ2) is 5.91. The fourth-order valence-electron chi connectivity index (χ4n) is 2.68. The van der Waals surface area contributed by atoms with Crippen LogP contribution in [0.2, 0.25) is 0 Å². The average Bonchev–Trinajstić information content (AvgIpc) is 3.07. The summed E-state index contributed by atoms with van der Waals surface area (Å²) in [4.78, 5) is 23.0. The third kappa shape index (κ3) is 3.11. The number of hydrogen-bond donors (Lipinski definition) is 1. The monoisotopic (exact) mass is 302 g/mol. The molecule has 0 aliphatic carbocycles. The lowest BCUT2D eigenvalue weighted by atomic mass is 10.1.